The lowest BCUT2D eigenvalue weighted by Gasteiger charge is -2.15. The largest absolute Gasteiger partial charge is 0.373 e. The van der Waals surface area contributed by atoms with Gasteiger partial charge in [0, 0.05) is 30.1 Å². The predicted octanol–water partition coefficient (Wildman–Crippen LogP) is 3.12. The lowest BCUT2D eigenvalue weighted by atomic mass is 10.1. The highest BCUT2D eigenvalue weighted by Crippen LogP contribution is 2.17. The smallest absolute Gasteiger partial charge is 0.251 e. The topological polar surface area (TPSA) is 54.0 Å². The number of carbonyl (C=O) groups is 1. The molecule has 0 spiro atoms. The van der Waals surface area contributed by atoms with Crippen LogP contribution in [0.25, 0.3) is 0 Å². The van der Waals surface area contributed by atoms with E-state index in [1.807, 2.05) is 31.8 Å². The van der Waals surface area contributed by atoms with Gasteiger partial charge in [0.2, 0.25) is 0 Å². The molecule has 0 radical (unpaired) electrons. The molecule has 5 heteroatoms. The van der Waals surface area contributed by atoms with Gasteiger partial charge in [-0.3, -0.25) is 4.79 Å². The SMILES string of the molecule is CCSCC(C)NC(=O)c1cc(NC)nc(C(C)C)c1. The lowest BCUT2D eigenvalue weighted by Crippen LogP contribution is -2.34. The monoisotopic (exact) mass is 295 g/mol. The zero-order valence-corrected chi connectivity index (χ0v) is 13.8. The number of nitrogens with zero attached hydrogens (tertiary/aromatic N) is 1. The lowest BCUT2D eigenvalue weighted by molar-refractivity contribution is 0.0943. The van der Waals surface area contributed by atoms with Gasteiger partial charge in [-0.2, -0.15) is 11.8 Å². The van der Waals surface area contributed by atoms with Crippen molar-refractivity contribution >= 4 is 23.5 Å². The van der Waals surface area contributed by atoms with Crippen molar-refractivity contribution in [3.8, 4) is 0 Å². The molecule has 1 aromatic rings. The molecule has 0 saturated heterocycles. The summed E-state index contributed by atoms with van der Waals surface area (Å²) in [5, 5.41) is 6.04. The van der Waals surface area contributed by atoms with Crippen molar-refractivity contribution < 1.29 is 4.79 Å². The number of hydrogen-bond acceptors (Lipinski definition) is 4. The molecule has 0 aliphatic carbocycles. The number of anilines is 1. The van der Waals surface area contributed by atoms with Gasteiger partial charge in [0.1, 0.15) is 5.82 Å². The van der Waals surface area contributed by atoms with Crippen molar-refractivity contribution in [3.63, 3.8) is 0 Å². The van der Waals surface area contributed by atoms with Gasteiger partial charge in [-0.25, -0.2) is 4.98 Å². The van der Waals surface area contributed by atoms with Crippen LogP contribution in [0.15, 0.2) is 12.1 Å². The fraction of sp³-hybridized carbons (Fsp3) is 0.600. The molecule has 112 valence electrons. The summed E-state index contributed by atoms with van der Waals surface area (Å²) in [7, 11) is 1.81. The van der Waals surface area contributed by atoms with Crippen molar-refractivity contribution in [2.24, 2.45) is 0 Å². The molecule has 1 amide bonds. The zero-order valence-electron chi connectivity index (χ0n) is 13.0. The van der Waals surface area contributed by atoms with Crippen molar-refractivity contribution in [2.45, 2.75) is 39.7 Å². The molecule has 1 heterocycles. The van der Waals surface area contributed by atoms with Crippen LogP contribution in [0.4, 0.5) is 5.82 Å². The van der Waals surface area contributed by atoms with Crippen molar-refractivity contribution in [1.29, 1.82) is 0 Å². The summed E-state index contributed by atoms with van der Waals surface area (Å²) in [5.74, 6) is 3.00. The third-order valence-electron chi connectivity index (χ3n) is 2.90. The van der Waals surface area contributed by atoms with Crippen LogP contribution in [0, 0.1) is 0 Å². The molecule has 0 aliphatic heterocycles. The number of pyridine rings is 1. The summed E-state index contributed by atoms with van der Waals surface area (Å²) in [4.78, 5) is 16.8. The molecule has 1 unspecified atom stereocenters. The summed E-state index contributed by atoms with van der Waals surface area (Å²) in [6, 6.07) is 3.84. The van der Waals surface area contributed by atoms with Gasteiger partial charge >= 0.3 is 0 Å². The van der Waals surface area contributed by atoms with Crippen LogP contribution in [0.3, 0.4) is 0 Å². The predicted molar refractivity (Wildman–Crippen MR) is 87.8 cm³/mol. The molecule has 0 fully saturated rings. The Hall–Kier alpha value is -1.23. The van der Waals surface area contributed by atoms with E-state index in [0.29, 0.717) is 11.5 Å². The minimum absolute atomic E-state index is 0.0324. The van der Waals surface area contributed by atoms with Crippen LogP contribution >= 0.6 is 11.8 Å². The maximum absolute atomic E-state index is 12.3. The third-order valence-corrected chi connectivity index (χ3v) is 4.05. The Labute approximate surface area is 126 Å². The van der Waals surface area contributed by atoms with E-state index >= 15 is 0 Å². The summed E-state index contributed by atoms with van der Waals surface area (Å²) in [6.07, 6.45) is 0. The fourth-order valence-corrected chi connectivity index (χ4v) is 2.42. The van der Waals surface area contributed by atoms with E-state index in [1.165, 1.54) is 0 Å². The first-order valence-corrected chi connectivity index (χ1v) is 8.21. The number of thioether (sulfide) groups is 1. The first-order chi connectivity index (χ1) is 9.47. The number of rotatable bonds is 7. The fourth-order valence-electron chi connectivity index (χ4n) is 1.75. The van der Waals surface area contributed by atoms with E-state index in [-0.39, 0.29) is 11.9 Å². The van der Waals surface area contributed by atoms with Gasteiger partial charge < -0.3 is 10.6 Å². The molecule has 0 aliphatic rings. The molecule has 1 atom stereocenters. The van der Waals surface area contributed by atoms with E-state index in [4.69, 9.17) is 0 Å². The maximum atomic E-state index is 12.3. The van der Waals surface area contributed by atoms with Crippen molar-refractivity contribution in [3.05, 3.63) is 23.4 Å². The molecule has 1 rings (SSSR count). The number of nitrogens with one attached hydrogen (secondary N) is 2. The highest BCUT2D eigenvalue weighted by Gasteiger charge is 2.13. The number of aromatic nitrogens is 1. The Bertz CT molecular complexity index is 449. The van der Waals surface area contributed by atoms with E-state index < -0.39 is 0 Å². The maximum Gasteiger partial charge on any atom is 0.251 e. The molecule has 0 bridgehead atoms. The molecule has 2 N–H and O–H groups in total. The first kappa shape index (κ1) is 16.8. The average molecular weight is 295 g/mol. The van der Waals surface area contributed by atoms with Crippen LogP contribution < -0.4 is 10.6 Å². The minimum Gasteiger partial charge on any atom is -0.373 e. The number of hydrogen-bond donors (Lipinski definition) is 2. The highest BCUT2D eigenvalue weighted by molar-refractivity contribution is 7.99. The quantitative estimate of drug-likeness (QED) is 0.811. The normalized spacial score (nSPS) is 12.3. The standard InChI is InChI=1S/C15H25N3OS/c1-6-20-9-11(4)17-15(19)12-7-13(10(2)3)18-14(8-12)16-5/h7-8,10-11H,6,9H2,1-5H3,(H,16,18)(H,17,19). The second kappa shape index (κ2) is 8.15. The van der Waals surface area contributed by atoms with Gasteiger partial charge in [-0.15, -0.1) is 0 Å². The number of carbonyl (C=O) groups excluding carboxylic acids is 1. The summed E-state index contributed by atoms with van der Waals surface area (Å²) >= 11 is 1.83. The molecule has 0 saturated carbocycles. The Morgan fingerprint density at radius 3 is 2.60 bits per heavy atom. The first-order valence-electron chi connectivity index (χ1n) is 7.06. The van der Waals surface area contributed by atoms with Gasteiger partial charge in [0.25, 0.3) is 5.91 Å². The second-order valence-electron chi connectivity index (χ2n) is 5.10. The number of amides is 1. The Morgan fingerprint density at radius 2 is 2.05 bits per heavy atom. The van der Waals surface area contributed by atoms with Gasteiger partial charge in [0.15, 0.2) is 0 Å². The van der Waals surface area contributed by atoms with E-state index in [1.54, 1.807) is 6.07 Å². The highest BCUT2D eigenvalue weighted by atomic mass is 32.2. The van der Waals surface area contributed by atoms with Crippen LogP contribution in [0.1, 0.15) is 49.7 Å². The summed E-state index contributed by atoms with van der Waals surface area (Å²) in [5.41, 5.74) is 1.60. The zero-order chi connectivity index (χ0) is 15.1. The molecule has 1 aromatic heterocycles. The van der Waals surface area contributed by atoms with E-state index in [2.05, 4.69) is 36.4 Å². The molecular formula is C15H25N3OS. The Morgan fingerprint density at radius 1 is 1.35 bits per heavy atom. The minimum atomic E-state index is -0.0324. The van der Waals surface area contributed by atoms with Crippen LogP contribution in [-0.4, -0.2) is 35.5 Å². The Balaban J connectivity index is 2.83. The molecule has 0 aromatic carbocycles. The van der Waals surface area contributed by atoms with E-state index in [9.17, 15) is 4.79 Å². The summed E-state index contributed by atoms with van der Waals surface area (Å²) < 4.78 is 0. The van der Waals surface area contributed by atoms with Gasteiger partial charge in [0.05, 0.1) is 0 Å². The second-order valence-corrected chi connectivity index (χ2v) is 6.42. The molecule has 20 heavy (non-hydrogen) atoms. The summed E-state index contributed by atoms with van der Waals surface area (Å²) in [6.45, 7) is 8.30. The van der Waals surface area contributed by atoms with Crippen LogP contribution in [0.2, 0.25) is 0 Å². The van der Waals surface area contributed by atoms with Crippen molar-refractivity contribution in [1.82, 2.24) is 10.3 Å². The van der Waals surface area contributed by atoms with Crippen molar-refractivity contribution in [2.75, 3.05) is 23.9 Å². The van der Waals surface area contributed by atoms with Gasteiger partial charge in [-0.1, -0.05) is 20.8 Å². The third kappa shape index (κ3) is 5.04. The van der Waals surface area contributed by atoms with Crippen LogP contribution in [-0.2, 0) is 0 Å². The molecule has 4 nitrogen and oxygen atoms in total. The van der Waals surface area contributed by atoms with Gasteiger partial charge in [-0.05, 0) is 30.7 Å². The average Bonchev–Trinajstić information content (AvgIpc) is 2.44. The van der Waals surface area contributed by atoms with Crippen LogP contribution in [0.5, 0.6) is 0 Å². The Kier molecular flexibility index (Phi) is 6.85. The van der Waals surface area contributed by atoms with E-state index in [0.717, 1.165) is 23.0 Å². The molecular weight excluding hydrogens is 270 g/mol.